The Morgan fingerprint density at radius 2 is 2.07 bits per heavy atom. The van der Waals surface area contributed by atoms with Gasteiger partial charge >= 0.3 is 5.97 Å². The molecule has 0 aromatic carbocycles. The number of nitrogens with one attached hydrogen (secondary N) is 1. The lowest BCUT2D eigenvalue weighted by Crippen LogP contribution is -2.42. The first-order valence-corrected chi connectivity index (χ1v) is 5.48. The molecule has 0 amide bonds. The van der Waals surface area contributed by atoms with Crippen LogP contribution in [0.4, 0.5) is 0 Å². The van der Waals surface area contributed by atoms with Gasteiger partial charge in [-0.15, -0.1) is 0 Å². The Balaban J connectivity index is 4.04. The lowest BCUT2D eigenvalue weighted by Gasteiger charge is -2.21. The minimum Gasteiger partial charge on any atom is -0.468 e. The topological polar surface area (TPSA) is 38.3 Å². The third-order valence-corrected chi connectivity index (χ3v) is 2.56. The van der Waals surface area contributed by atoms with Gasteiger partial charge in [-0.2, -0.15) is 0 Å². The maximum absolute atomic E-state index is 11.4. The van der Waals surface area contributed by atoms with Gasteiger partial charge in [-0.05, 0) is 18.9 Å². The molecule has 0 aliphatic heterocycles. The molecule has 2 atom stereocenters. The van der Waals surface area contributed by atoms with E-state index in [0.29, 0.717) is 5.92 Å². The number of esters is 1. The van der Waals surface area contributed by atoms with Gasteiger partial charge in [0.05, 0.1) is 7.11 Å². The first-order valence-electron chi connectivity index (χ1n) is 5.48. The molecular weight excluding hydrogens is 178 g/mol. The van der Waals surface area contributed by atoms with Crippen LogP contribution in [0.25, 0.3) is 0 Å². The number of ether oxygens (including phenoxy) is 1. The van der Waals surface area contributed by atoms with Crippen LogP contribution in [0.5, 0.6) is 0 Å². The first kappa shape index (κ1) is 13.4. The SMILES string of the molecule is CCCCNC(C(=O)OC)C(C)CC. The van der Waals surface area contributed by atoms with Crippen LogP contribution in [-0.4, -0.2) is 25.7 Å². The van der Waals surface area contributed by atoms with Crippen LogP contribution in [0, 0.1) is 5.92 Å². The molecule has 3 nitrogen and oxygen atoms in total. The molecule has 0 spiro atoms. The predicted molar refractivity (Wildman–Crippen MR) is 58.2 cm³/mol. The van der Waals surface area contributed by atoms with Crippen molar-refractivity contribution >= 4 is 5.97 Å². The van der Waals surface area contributed by atoms with Crippen molar-refractivity contribution in [1.29, 1.82) is 0 Å². The zero-order valence-corrected chi connectivity index (χ0v) is 9.80. The molecule has 0 saturated carbocycles. The van der Waals surface area contributed by atoms with Gasteiger partial charge in [-0.25, -0.2) is 0 Å². The lowest BCUT2D eigenvalue weighted by atomic mass is 9.99. The summed E-state index contributed by atoms with van der Waals surface area (Å²) in [7, 11) is 1.44. The van der Waals surface area contributed by atoms with Crippen molar-refractivity contribution in [2.75, 3.05) is 13.7 Å². The molecule has 0 fully saturated rings. The van der Waals surface area contributed by atoms with Crippen LogP contribution in [0.15, 0.2) is 0 Å². The van der Waals surface area contributed by atoms with Crippen LogP contribution in [-0.2, 0) is 9.53 Å². The predicted octanol–water partition coefficient (Wildman–Crippen LogP) is 1.96. The van der Waals surface area contributed by atoms with E-state index in [1.165, 1.54) is 7.11 Å². The minimum atomic E-state index is -0.143. The summed E-state index contributed by atoms with van der Waals surface area (Å²) in [5, 5.41) is 3.25. The molecule has 2 unspecified atom stereocenters. The molecule has 0 radical (unpaired) electrons. The Morgan fingerprint density at radius 1 is 1.43 bits per heavy atom. The summed E-state index contributed by atoms with van der Waals surface area (Å²) in [6.07, 6.45) is 3.23. The minimum absolute atomic E-state index is 0.142. The highest BCUT2D eigenvalue weighted by molar-refractivity contribution is 5.75. The van der Waals surface area contributed by atoms with Gasteiger partial charge < -0.3 is 10.1 Å². The van der Waals surface area contributed by atoms with Gasteiger partial charge in [-0.3, -0.25) is 4.79 Å². The van der Waals surface area contributed by atoms with E-state index in [9.17, 15) is 4.79 Å². The van der Waals surface area contributed by atoms with Crippen molar-refractivity contribution < 1.29 is 9.53 Å². The number of hydrogen-bond donors (Lipinski definition) is 1. The van der Waals surface area contributed by atoms with Crippen LogP contribution in [0.2, 0.25) is 0 Å². The van der Waals surface area contributed by atoms with E-state index in [1.54, 1.807) is 0 Å². The fourth-order valence-electron chi connectivity index (χ4n) is 1.31. The zero-order valence-electron chi connectivity index (χ0n) is 9.80. The fourth-order valence-corrected chi connectivity index (χ4v) is 1.31. The van der Waals surface area contributed by atoms with Crippen molar-refractivity contribution in [3.05, 3.63) is 0 Å². The van der Waals surface area contributed by atoms with Crippen molar-refractivity contribution in [2.45, 2.75) is 46.1 Å². The third kappa shape index (κ3) is 4.61. The molecule has 0 aliphatic rings. The average Bonchev–Trinajstić information content (AvgIpc) is 2.22. The molecule has 1 N–H and O–H groups in total. The highest BCUT2D eigenvalue weighted by atomic mass is 16.5. The standard InChI is InChI=1S/C11H23NO2/c1-5-7-8-12-10(9(3)6-2)11(13)14-4/h9-10,12H,5-8H2,1-4H3. The molecule has 3 heteroatoms. The number of methoxy groups -OCH3 is 1. The number of rotatable bonds is 7. The van der Waals surface area contributed by atoms with Crippen LogP contribution >= 0.6 is 0 Å². The summed E-state index contributed by atoms with van der Waals surface area (Å²) in [6.45, 7) is 7.18. The maximum atomic E-state index is 11.4. The van der Waals surface area contributed by atoms with E-state index in [4.69, 9.17) is 4.74 Å². The second-order valence-corrected chi connectivity index (χ2v) is 3.69. The highest BCUT2D eigenvalue weighted by Gasteiger charge is 2.23. The van der Waals surface area contributed by atoms with E-state index in [0.717, 1.165) is 25.8 Å². The maximum Gasteiger partial charge on any atom is 0.323 e. The fraction of sp³-hybridized carbons (Fsp3) is 0.909. The summed E-state index contributed by atoms with van der Waals surface area (Å²) in [6, 6.07) is -0.142. The van der Waals surface area contributed by atoms with E-state index < -0.39 is 0 Å². The second-order valence-electron chi connectivity index (χ2n) is 3.69. The Bertz CT molecular complexity index is 159. The number of carbonyl (C=O) groups is 1. The van der Waals surface area contributed by atoms with Crippen molar-refractivity contribution in [3.63, 3.8) is 0 Å². The summed E-state index contributed by atoms with van der Waals surface area (Å²) in [5.74, 6) is 0.190. The molecule has 14 heavy (non-hydrogen) atoms. The number of hydrogen-bond acceptors (Lipinski definition) is 3. The van der Waals surface area contributed by atoms with Gasteiger partial charge in [0.1, 0.15) is 6.04 Å². The largest absolute Gasteiger partial charge is 0.468 e. The molecule has 0 aromatic heterocycles. The molecule has 84 valence electrons. The number of carbonyl (C=O) groups excluding carboxylic acids is 1. The van der Waals surface area contributed by atoms with E-state index in [2.05, 4.69) is 26.1 Å². The van der Waals surface area contributed by atoms with Gasteiger partial charge in [0, 0.05) is 0 Å². The Kier molecular flexibility index (Phi) is 7.48. The van der Waals surface area contributed by atoms with Gasteiger partial charge in [0.2, 0.25) is 0 Å². The van der Waals surface area contributed by atoms with Crippen LogP contribution in [0.1, 0.15) is 40.0 Å². The Morgan fingerprint density at radius 3 is 2.50 bits per heavy atom. The van der Waals surface area contributed by atoms with Crippen LogP contribution < -0.4 is 5.32 Å². The Hall–Kier alpha value is -0.570. The lowest BCUT2D eigenvalue weighted by molar-refractivity contribution is -0.144. The van der Waals surface area contributed by atoms with E-state index in [-0.39, 0.29) is 12.0 Å². The van der Waals surface area contributed by atoms with Crippen molar-refractivity contribution in [1.82, 2.24) is 5.32 Å². The zero-order chi connectivity index (χ0) is 11.0. The second kappa shape index (κ2) is 7.80. The quantitative estimate of drug-likeness (QED) is 0.505. The molecule has 0 aromatic rings. The third-order valence-electron chi connectivity index (χ3n) is 2.56. The first-order chi connectivity index (χ1) is 6.67. The summed E-state index contributed by atoms with van der Waals surface area (Å²) >= 11 is 0. The molecular formula is C11H23NO2. The molecule has 0 aliphatic carbocycles. The monoisotopic (exact) mass is 201 g/mol. The van der Waals surface area contributed by atoms with Gasteiger partial charge in [0.25, 0.3) is 0 Å². The van der Waals surface area contributed by atoms with Gasteiger partial charge in [-0.1, -0.05) is 33.6 Å². The molecule has 0 saturated heterocycles. The summed E-state index contributed by atoms with van der Waals surface area (Å²) in [5.41, 5.74) is 0. The summed E-state index contributed by atoms with van der Waals surface area (Å²) in [4.78, 5) is 11.4. The van der Waals surface area contributed by atoms with E-state index >= 15 is 0 Å². The molecule has 0 rings (SSSR count). The summed E-state index contributed by atoms with van der Waals surface area (Å²) < 4.78 is 4.76. The van der Waals surface area contributed by atoms with Crippen molar-refractivity contribution in [3.8, 4) is 0 Å². The normalized spacial score (nSPS) is 14.9. The van der Waals surface area contributed by atoms with Crippen molar-refractivity contribution in [2.24, 2.45) is 5.92 Å². The smallest absolute Gasteiger partial charge is 0.323 e. The van der Waals surface area contributed by atoms with Gasteiger partial charge in [0.15, 0.2) is 0 Å². The molecule has 0 bridgehead atoms. The number of unbranched alkanes of at least 4 members (excludes halogenated alkanes) is 1. The van der Waals surface area contributed by atoms with Crippen LogP contribution in [0.3, 0.4) is 0 Å². The average molecular weight is 201 g/mol. The molecule has 0 heterocycles. The highest BCUT2D eigenvalue weighted by Crippen LogP contribution is 2.09. The van der Waals surface area contributed by atoms with E-state index in [1.807, 2.05) is 0 Å². The Labute approximate surface area is 87.2 Å².